The summed E-state index contributed by atoms with van der Waals surface area (Å²) in [5, 5.41) is 11.8. The molecule has 1 heterocycles. The minimum absolute atomic E-state index is 0.0169. The van der Waals surface area contributed by atoms with Gasteiger partial charge in [0.05, 0.1) is 5.92 Å². The van der Waals surface area contributed by atoms with Crippen molar-refractivity contribution in [3.63, 3.8) is 0 Å². The molecular formula is C7H13NO2. The molecule has 1 saturated heterocycles. The van der Waals surface area contributed by atoms with Crippen molar-refractivity contribution in [1.82, 2.24) is 5.32 Å². The van der Waals surface area contributed by atoms with Gasteiger partial charge in [-0.2, -0.15) is 0 Å². The zero-order valence-electron chi connectivity index (χ0n) is 6.35. The van der Waals surface area contributed by atoms with Gasteiger partial charge in [-0.15, -0.1) is 0 Å². The van der Waals surface area contributed by atoms with Gasteiger partial charge in [0.15, 0.2) is 0 Å². The average molecular weight is 143 g/mol. The van der Waals surface area contributed by atoms with Crippen molar-refractivity contribution >= 4 is 5.97 Å². The van der Waals surface area contributed by atoms with Gasteiger partial charge in [-0.05, 0) is 20.3 Å². The topological polar surface area (TPSA) is 49.3 Å². The first-order valence-corrected chi connectivity index (χ1v) is 3.49. The predicted octanol–water partition coefficient (Wildman–Crippen LogP) is 0.459. The van der Waals surface area contributed by atoms with E-state index >= 15 is 0 Å². The minimum atomic E-state index is -0.682. The Bertz CT molecular complexity index is 154. The van der Waals surface area contributed by atoms with Crippen molar-refractivity contribution in [1.29, 1.82) is 0 Å². The van der Waals surface area contributed by atoms with E-state index in [-0.39, 0.29) is 11.5 Å². The first-order chi connectivity index (χ1) is 4.51. The molecule has 0 saturated carbocycles. The number of hydrogen-bond acceptors (Lipinski definition) is 2. The summed E-state index contributed by atoms with van der Waals surface area (Å²) in [5.74, 6) is -0.868. The average Bonchev–Trinajstić information content (AvgIpc) is 2.10. The lowest BCUT2D eigenvalue weighted by atomic mass is 9.97. The van der Waals surface area contributed by atoms with E-state index in [4.69, 9.17) is 5.11 Å². The van der Waals surface area contributed by atoms with E-state index in [0.717, 1.165) is 6.42 Å². The molecule has 0 amide bonds. The van der Waals surface area contributed by atoms with Crippen molar-refractivity contribution < 1.29 is 9.90 Å². The third-order valence-electron chi connectivity index (χ3n) is 1.93. The van der Waals surface area contributed by atoms with E-state index in [1.807, 2.05) is 13.8 Å². The fourth-order valence-corrected chi connectivity index (χ4v) is 1.33. The van der Waals surface area contributed by atoms with Crippen LogP contribution in [0.4, 0.5) is 0 Å². The van der Waals surface area contributed by atoms with Gasteiger partial charge in [0, 0.05) is 12.1 Å². The predicted molar refractivity (Wildman–Crippen MR) is 37.8 cm³/mol. The number of hydrogen-bond donors (Lipinski definition) is 2. The highest BCUT2D eigenvalue weighted by atomic mass is 16.4. The smallest absolute Gasteiger partial charge is 0.307 e. The maximum absolute atomic E-state index is 10.4. The summed E-state index contributed by atoms with van der Waals surface area (Å²) in [6.45, 7) is 4.66. The van der Waals surface area contributed by atoms with Crippen LogP contribution in [0.25, 0.3) is 0 Å². The number of rotatable bonds is 1. The molecule has 1 atom stereocenters. The van der Waals surface area contributed by atoms with E-state index in [1.54, 1.807) is 0 Å². The largest absolute Gasteiger partial charge is 0.481 e. The molecule has 58 valence electrons. The summed E-state index contributed by atoms with van der Waals surface area (Å²) in [4.78, 5) is 10.4. The Kier molecular flexibility index (Phi) is 1.68. The molecule has 2 N–H and O–H groups in total. The Morgan fingerprint density at radius 3 is 2.50 bits per heavy atom. The van der Waals surface area contributed by atoms with Crippen LogP contribution in [0, 0.1) is 5.92 Å². The van der Waals surface area contributed by atoms with E-state index in [0.29, 0.717) is 6.54 Å². The van der Waals surface area contributed by atoms with Gasteiger partial charge in [-0.3, -0.25) is 4.79 Å². The quantitative estimate of drug-likeness (QED) is 0.560. The summed E-state index contributed by atoms with van der Waals surface area (Å²) in [6.07, 6.45) is 0.738. The fourth-order valence-electron chi connectivity index (χ4n) is 1.33. The van der Waals surface area contributed by atoms with Crippen LogP contribution < -0.4 is 5.32 Å². The molecule has 1 unspecified atom stereocenters. The van der Waals surface area contributed by atoms with E-state index < -0.39 is 5.97 Å². The minimum Gasteiger partial charge on any atom is -0.481 e. The first-order valence-electron chi connectivity index (χ1n) is 3.49. The normalized spacial score (nSPS) is 30.4. The van der Waals surface area contributed by atoms with Crippen LogP contribution in [0.3, 0.4) is 0 Å². The van der Waals surface area contributed by atoms with Gasteiger partial charge in [0.2, 0.25) is 0 Å². The lowest BCUT2D eigenvalue weighted by molar-refractivity contribution is -0.141. The van der Waals surface area contributed by atoms with Crippen LogP contribution >= 0.6 is 0 Å². The van der Waals surface area contributed by atoms with Gasteiger partial charge in [-0.25, -0.2) is 0 Å². The summed E-state index contributed by atoms with van der Waals surface area (Å²) in [7, 11) is 0. The van der Waals surface area contributed by atoms with Gasteiger partial charge < -0.3 is 10.4 Å². The number of carboxylic acid groups (broad SMARTS) is 1. The molecule has 0 radical (unpaired) electrons. The molecule has 1 rings (SSSR count). The second-order valence-corrected chi connectivity index (χ2v) is 3.50. The molecule has 1 aliphatic heterocycles. The molecule has 3 nitrogen and oxygen atoms in total. The second kappa shape index (κ2) is 2.23. The van der Waals surface area contributed by atoms with E-state index in [2.05, 4.69) is 5.32 Å². The highest BCUT2D eigenvalue weighted by Crippen LogP contribution is 2.22. The van der Waals surface area contributed by atoms with Crippen LogP contribution in [0.5, 0.6) is 0 Å². The first kappa shape index (κ1) is 7.54. The van der Waals surface area contributed by atoms with Gasteiger partial charge in [-0.1, -0.05) is 0 Å². The molecule has 1 fully saturated rings. The third-order valence-corrected chi connectivity index (χ3v) is 1.93. The molecular weight excluding hydrogens is 130 g/mol. The molecule has 0 aliphatic carbocycles. The lowest BCUT2D eigenvalue weighted by Gasteiger charge is -2.16. The summed E-state index contributed by atoms with van der Waals surface area (Å²) >= 11 is 0. The lowest BCUT2D eigenvalue weighted by Crippen LogP contribution is -2.31. The number of aliphatic carboxylic acids is 1. The second-order valence-electron chi connectivity index (χ2n) is 3.50. The maximum Gasteiger partial charge on any atom is 0.307 e. The Morgan fingerprint density at radius 2 is 2.30 bits per heavy atom. The van der Waals surface area contributed by atoms with Crippen LogP contribution in [0.2, 0.25) is 0 Å². The van der Waals surface area contributed by atoms with Gasteiger partial charge in [0.25, 0.3) is 0 Å². The molecule has 10 heavy (non-hydrogen) atoms. The van der Waals surface area contributed by atoms with Crippen molar-refractivity contribution in [2.24, 2.45) is 5.92 Å². The molecule has 0 aromatic heterocycles. The zero-order valence-corrected chi connectivity index (χ0v) is 6.35. The standard InChI is InChI=1S/C7H13NO2/c1-7(2)3-5(4-8-7)6(9)10/h5,8H,3-4H2,1-2H3,(H,9,10). The molecule has 0 bridgehead atoms. The van der Waals surface area contributed by atoms with Gasteiger partial charge in [0.1, 0.15) is 0 Å². The Balaban J connectivity index is 2.51. The highest BCUT2D eigenvalue weighted by Gasteiger charge is 2.34. The molecule has 0 spiro atoms. The van der Waals surface area contributed by atoms with E-state index in [9.17, 15) is 4.79 Å². The van der Waals surface area contributed by atoms with E-state index in [1.165, 1.54) is 0 Å². The molecule has 1 aliphatic rings. The Hall–Kier alpha value is -0.570. The number of carboxylic acids is 1. The number of carbonyl (C=O) groups is 1. The van der Waals surface area contributed by atoms with Crippen LogP contribution in [-0.2, 0) is 4.79 Å². The van der Waals surface area contributed by atoms with Crippen molar-refractivity contribution in [3.8, 4) is 0 Å². The van der Waals surface area contributed by atoms with Crippen LogP contribution in [0.1, 0.15) is 20.3 Å². The molecule has 3 heteroatoms. The Morgan fingerprint density at radius 1 is 1.70 bits per heavy atom. The maximum atomic E-state index is 10.4. The Labute approximate surface area is 60.4 Å². The highest BCUT2D eigenvalue weighted by molar-refractivity contribution is 5.70. The summed E-state index contributed by atoms with van der Waals surface area (Å²) in [5.41, 5.74) is 0.0169. The fraction of sp³-hybridized carbons (Fsp3) is 0.857. The number of nitrogens with one attached hydrogen (secondary N) is 1. The third kappa shape index (κ3) is 1.48. The van der Waals surface area contributed by atoms with Crippen LogP contribution in [0.15, 0.2) is 0 Å². The van der Waals surface area contributed by atoms with Crippen molar-refractivity contribution in [2.45, 2.75) is 25.8 Å². The summed E-state index contributed by atoms with van der Waals surface area (Å²) < 4.78 is 0. The molecule has 0 aromatic rings. The SMILES string of the molecule is CC1(C)CC(C(=O)O)CN1. The molecule has 0 aromatic carbocycles. The monoisotopic (exact) mass is 143 g/mol. The van der Waals surface area contributed by atoms with Crippen molar-refractivity contribution in [2.75, 3.05) is 6.54 Å². The van der Waals surface area contributed by atoms with Crippen molar-refractivity contribution in [3.05, 3.63) is 0 Å². The van der Waals surface area contributed by atoms with Gasteiger partial charge >= 0.3 is 5.97 Å². The summed E-state index contributed by atoms with van der Waals surface area (Å²) in [6, 6.07) is 0. The zero-order chi connectivity index (χ0) is 7.78. The van der Waals surface area contributed by atoms with Crippen LogP contribution in [-0.4, -0.2) is 23.2 Å².